The molecule has 6 heteroatoms. The van der Waals surface area contributed by atoms with Gasteiger partial charge in [-0.1, -0.05) is 23.2 Å². The molecular formula is C12H14Cl2N4. The van der Waals surface area contributed by atoms with Gasteiger partial charge in [-0.25, -0.2) is 0 Å². The van der Waals surface area contributed by atoms with E-state index in [4.69, 9.17) is 23.2 Å². The number of benzene rings is 1. The lowest BCUT2D eigenvalue weighted by Crippen LogP contribution is -2.21. The van der Waals surface area contributed by atoms with Gasteiger partial charge in [0.1, 0.15) is 12.2 Å². The topological polar surface area (TPSA) is 42.7 Å². The summed E-state index contributed by atoms with van der Waals surface area (Å²) in [6, 6.07) is 5.53. The van der Waals surface area contributed by atoms with E-state index in [-0.39, 0.29) is 6.04 Å². The second-order valence-electron chi connectivity index (χ2n) is 4.14. The Kier molecular flexibility index (Phi) is 4.22. The van der Waals surface area contributed by atoms with E-state index < -0.39 is 0 Å². The minimum absolute atomic E-state index is 0.0903. The van der Waals surface area contributed by atoms with Gasteiger partial charge in [0, 0.05) is 23.6 Å². The zero-order valence-corrected chi connectivity index (χ0v) is 11.7. The summed E-state index contributed by atoms with van der Waals surface area (Å²) in [4.78, 5) is 0. The maximum Gasteiger partial charge on any atom is 0.149 e. The van der Waals surface area contributed by atoms with Crippen LogP contribution in [0.3, 0.4) is 0 Å². The summed E-state index contributed by atoms with van der Waals surface area (Å²) in [5, 5.41) is 12.6. The highest BCUT2D eigenvalue weighted by atomic mass is 35.5. The molecule has 0 spiro atoms. The zero-order chi connectivity index (χ0) is 13.1. The summed E-state index contributed by atoms with van der Waals surface area (Å²) in [5.74, 6) is 0.883. The number of hydrogen-bond donors (Lipinski definition) is 1. The largest absolute Gasteiger partial charge is 0.319 e. The third-order valence-electron chi connectivity index (χ3n) is 2.74. The summed E-state index contributed by atoms with van der Waals surface area (Å²) >= 11 is 12.0. The van der Waals surface area contributed by atoms with Gasteiger partial charge in [0.2, 0.25) is 0 Å². The highest BCUT2D eigenvalue weighted by Gasteiger charge is 2.11. The van der Waals surface area contributed by atoms with Crippen LogP contribution in [0.25, 0.3) is 0 Å². The minimum Gasteiger partial charge on any atom is -0.319 e. The van der Waals surface area contributed by atoms with Gasteiger partial charge < -0.3 is 9.88 Å². The van der Waals surface area contributed by atoms with Crippen LogP contribution in [0.5, 0.6) is 0 Å². The molecule has 1 atom stereocenters. The molecule has 0 amide bonds. The number of halogens is 2. The summed E-state index contributed by atoms with van der Waals surface area (Å²) in [7, 11) is 1.92. The molecule has 0 aliphatic rings. The molecule has 1 N–H and O–H groups in total. The smallest absolute Gasteiger partial charge is 0.149 e. The predicted octanol–water partition coefficient (Wildman–Crippen LogP) is 2.97. The lowest BCUT2D eigenvalue weighted by Gasteiger charge is -2.13. The maximum atomic E-state index is 6.10. The average Bonchev–Trinajstić information content (AvgIpc) is 2.76. The monoisotopic (exact) mass is 284 g/mol. The van der Waals surface area contributed by atoms with E-state index in [2.05, 4.69) is 15.5 Å². The van der Waals surface area contributed by atoms with E-state index in [0.29, 0.717) is 16.6 Å². The summed E-state index contributed by atoms with van der Waals surface area (Å²) in [6.07, 6.45) is 1.68. The van der Waals surface area contributed by atoms with E-state index in [0.717, 1.165) is 11.4 Å². The van der Waals surface area contributed by atoms with Crippen LogP contribution in [-0.4, -0.2) is 14.8 Å². The number of aryl methyl sites for hydroxylation is 1. The summed E-state index contributed by atoms with van der Waals surface area (Å²) < 4.78 is 1.89. The molecule has 2 aromatic rings. The lowest BCUT2D eigenvalue weighted by atomic mass is 10.2. The van der Waals surface area contributed by atoms with Gasteiger partial charge in [-0.15, -0.1) is 10.2 Å². The molecule has 0 radical (unpaired) electrons. The molecule has 1 aromatic carbocycles. The van der Waals surface area contributed by atoms with Gasteiger partial charge in [0.05, 0.1) is 6.04 Å². The maximum absolute atomic E-state index is 6.10. The van der Waals surface area contributed by atoms with E-state index in [9.17, 15) is 0 Å². The van der Waals surface area contributed by atoms with E-state index in [1.54, 1.807) is 18.5 Å². The molecule has 2 rings (SSSR count). The summed E-state index contributed by atoms with van der Waals surface area (Å²) in [5.41, 5.74) is 0.971. The standard InChI is InChI=1S/C12H14Cl2N4/c1-8(12-17-16-7-18(12)2)15-6-9-5-10(13)3-4-11(9)14/h3-5,7-8,15H,6H2,1-2H3. The number of nitrogens with one attached hydrogen (secondary N) is 1. The van der Waals surface area contributed by atoms with Crippen molar-refractivity contribution in [1.82, 2.24) is 20.1 Å². The molecule has 0 fully saturated rings. The minimum atomic E-state index is 0.0903. The Morgan fingerprint density at radius 3 is 2.83 bits per heavy atom. The van der Waals surface area contributed by atoms with Gasteiger partial charge in [-0.05, 0) is 30.7 Å². The van der Waals surface area contributed by atoms with Gasteiger partial charge in [-0.2, -0.15) is 0 Å². The van der Waals surface area contributed by atoms with Crippen molar-refractivity contribution in [1.29, 1.82) is 0 Å². The highest BCUT2D eigenvalue weighted by molar-refractivity contribution is 6.33. The van der Waals surface area contributed by atoms with Crippen molar-refractivity contribution in [3.05, 3.63) is 46.0 Å². The zero-order valence-electron chi connectivity index (χ0n) is 10.2. The van der Waals surface area contributed by atoms with Crippen molar-refractivity contribution in [2.45, 2.75) is 19.5 Å². The second-order valence-corrected chi connectivity index (χ2v) is 4.98. The fourth-order valence-electron chi connectivity index (χ4n) is 1.72. The first-order chi connectivity index (χ1) is 8.58. The predicted molar refractivity (Wildman–Crippen MR) is 72.7 cm³/mol. The van der Waals surface area contributed by atoms with E-state index in [1.807, 2.05) is 24.6 Å². The van der Waals surface area contributed by atoms with Crippen LogP contribution in [0, 0.1) is 0 Å². The fraction of sp³-hybridized carbons (Fsp3) is 0.333. The number of rotatable bonds is 4. The van der Waals surface area contributed by atoms with Crippen LogP contribution in [0.4, 0.5) is 0 Å². The Labute approximate surface area is 116 Å². The van der Waals surface area contributed by atoms with Crippen LogP contribution >= 0.6 is 23.2 Å². The van der Waals surface area contributed by atoms with Gasteiger partial charge in [-0.3, -0.25) is 0 Å². The molecule has 96 valence electrons. The molecular weight excluding hydrogens is 271 g/mol. The molecule has 1 aromatic heterocycles. The second kappa shape index (κ2) is 5.69. The van der Waals surface area contributed by atoms with Crippen molar-refractivity contribution in [2.75, 3.05) is 0 Å². The van der Waals surface area contributed by atoms with Crippen LogP contribution in [0.1, 0.15) is 24.4 Å². The lowest BCUT2D eigenvalue weighted by molar-refractivity contribution is 0.528. The van der Waals surface area contributed by atoms with Crippen LogP contribution in [0.15, 0.2) is 24.5 Å². The normalized spacial score (nSPS) is 12.7. The van der Waals surface area contributed by atoms with Crippen molar-refractivity contribution in [3.8, 4) is 0 Å². The van der Waals surface area contributed by atoms with Gasteiger partial charge >= 0.3 is 0 Å². The molecule has 0 aliphatic heterocycles. The van der Waals surface area contributed by atoms with Crippen molar-refractivity contribution >= 4 is 23.2 Å². The van der Waals surface area contributed by atoms with Crippen molar-refractivity contribution < 1.29 is 0 Å². The van der Waals surface area contributed by atoms with E-state index in [1.165, 1.54) is 0 Å². The Morgan fingerprint density at radius 2 is 2.17 bits per heavy atom. The molecule has 4 nitrogen and oxygen atoms in total. The SMILES string of the molecule is CC(NCc1cc(Cl)ccc1Cl)c1nncn1C. The molecule has 0 aliphatic carbocycles. The van der Waals surface area contributed by atoms with Crippen molar-refractivity contribution in [3.63, 3.8) is 0 Å². The van der Waals surface area contributed by atoms with Crippen LogP contribution < -0.4 is 5.32 Å². The molecule has 18 heavy (non-hydrogen) atoms. The Bertz CT molecular complexity index is 539. The Morgan fingerprint density at radius 1 is 1.39 bits per heavy atom. The first-order valence-corrected chi connectivity index (χ1v) is 6.34. The molecule has 1 heterocycles. The molecule has 0 bridgehead atoms. The van der Waals surface area contributed by atoms with Crippen LogP contribution in [0.2, 0.25) is 10.0 Å². The quantitative estimate of drug-likeness (QED) is 0.939. The summed E-state index contributed by atoms with van der Waals surface area (Å²) in [6.45, 7) is 2.66. The first-order valence-electron chi connectivity index (χ1n) is 5.59. The highest BCUT2D eigenvalue weighted by Crippen LogP contribution is 2.21. The first kappa shape index (κ1) is 13.3. The Balaban J connectivity index is 2.03. The van der Waals surface area contributed by atoms with Crippen molar-refractivity contribution in [2.24, 2.45) is 7.05 Å². The third kappa shape index (κ3) is 3.02. The van der Waals surface area contributed by atoms with E-state index >= 15 is 0 Å². The number of hydrogen-bond acceptors (Lipinski definition) is 3. The van der Waals surface area contributed by atoms with Crippen LogP contribution in [-0.2, 0) is 13.6 Å². The number of aromatic nitrogens is 3. The number of nitrogens with zero attached hydrogens (tertiary/aromatic N) is 3. The molecule has 0 saturated carbocycles. The van der Waals surface area contributed by atoms with Gasteiger partial charge in [0.15, 0.2) is 0 Å². The van der Waals surface area contributed by atoms with Gasteiger partial charge in [0.25, 0.3) is 0 Å². The average molecular weight is 285 g/mol. The third-order valence-corrected chi connectivity index (χ3v) is 3.34. The fourth-order valence-corrected chi connectivity index (χ4v) is 2.10. The molecule has 1 unspecified atom stereocenters. The molecule has 0 saturated heterocycles. The Hall–Kier alpha value is -1.10.